The quantitative estimate of drug-likeness (QED) is 0.175. The van der Waals surface area contributed by atoms with Crippen molar-refractivity contribution in [3.63, 3.8) is 0 Å². The van der Waals surface area contributed by atoms with Crippen molar-refractivity contribution < 1.29 is 0 Å². The number of rotatable bonds is 5. The molecule has 3 nitrogen and oxygen atoms in total. The molecule has 54 heavy (non-hydrogen) atoms. The number of hydrogen-bond acceptors (Lipinski definition) is 1. The normalized spacial score (nSPS) is 14.1. The predicted octanol–water partition coefficient (Wildman–Crippen LogP) is 14.0. The van der Waals surface area contributed by atoms with Gasteiger partial charge in [-0.1, -0.05) is 110 Å². The fourth-order valence-corrected chi connectivity index (χ4v) is 9.05. The molecule has 8 aromatic carbocycles. The SMILES string of the molecule is CC1CC=Cc2c1ccc1c2c2ccccc2n1-c1ccc(N(c2ccccc2)c2ccc(-n3c4ccccc4c4c5ccccc5ccc43)cc2)cc1. The summed E-state index contributed by atoms with van der Waals surface area (Å²) in [7, 11) is 0. The third kappa shape index (κ3) is 4.61. The van der Waals surface area contributed by atoms with Crippen LogP contribution in [0.4, 0.5) is 17.1 Å². The van der Waals surface area contributed by atoms with Gasteiger partial charge in [-0.2, -0.15) is 0 Å². The van der Waals surface area contributed by atoms with E-state index in [4.69, 9.17) is 0 Å². The van der Waals surface area contributed by atoms with Gasteiger partial charge in [-0.25, -0.2) is 0 Å². The summed E-state index contributed by atoms with van der Waals surface area (Å²) in [4.78, 5) is 2.35. The largest absolute Gasteiger partial charge is 0.311 e. The maximum atomic E-state index is 2.43. The summed E-state index contributed by atoms with van der Waals surface area (Å²) in [6, 6.07) is 64.3. The number of aromatic nitrogens is 2. The molecule has 10 aromatic rings. The Labute approximate surface area is 314 Å². The van der Waals surface area contributed by atoms with E-state index >= 15 is 0 Å². The summed E-state index contributed by atoms with van der Waals surface area (Å²) in [5.74, 6) is 0.524. The van der Waals surface area contributed by atoms with Gasteiger partial charge in [-0.3, -0.25) is 0 Å². The lowest BCUT2D eigenvalue weighted by atomic mass is 9.86. The van der Waals surface area contributed by atoms with E-state index in [0.29, 0.717) is 5.92 Å². The molecule has 3 heteroatoms. The predicted molar refractivity (Wildman–Crippen MR) is 229 cm³/mol. The van der Waals surface area contributed by atoms with Crippen LogP contribution in [0.2, 0.25) is 0 Å². The molecule has 2 aromatic heterocycles. The third-order valence-corrected chi connectivity index (χ3v) is 11.5. The molecule has 1 unspecified atom stereocenters. The molecule has 0 spiro atoms. The number of nitrogens with zero attached hydrogens (tertiary/aromatic N) is 3. The van der Waals surface area contributed by atoms with Gasteiger partial charge in [-0.15, -0.1) is 0 Å². The van der Waals surface area contributed by atoms with Crippen LogP contribution in [0.3, 0.4) is 0 Å². The maximum Gasteiger partial charge on any atom is 0.0547 e. The Kier molecular flexibility index (Phi) is 6.90. The average Bonchev–Trinajstić information content (AvgIpc) is 3.76. The zero-order valence-electron chi connectivity index (χ0n) is 30.0. The molecule has 0 aliphatic heterocycles. The molecular formula is C51H37N3. The third-order valence-electron chi connectivity index (χ3n) is 11.5. The number of anilines is 3. The molecule has 11 rings (SSSR count). The average molecular weight is 692 g/mol. The first-order valence-electron chi connectivity index (χ1n) is 18.9. The van der Waals surface area contributed by atoms with E-state index in [0.717, 1.165) is 34.9 Å². The van der Waals surface area contributed by atoms with Gasteiger partial charge in [0.05, 0.1) is 22.1 Å². The summed E-state index contributed by atoms with van der Waals surface area (Å²) < 4.78 is 4.83. The topological polar surface area (TPSA) is 13.1 Å². The van der Waals surface area contributed by atoms with Gasteiger partial charge in [0.2, 0.25) is 0 Å². The Bertz CT molecular complexity index is 3070. The van der Waals surface area contributed by atoms with Crippen molar-refractivity contribution in [3.8, 4) is 11.4 Å². The molecule has 1 aliphatic carbocycles. The number of para-hydroxylation sites is 3. The second-order valence-electron chi connectivity index (χ2n) is 14.6. The van der Waals surface area contributed by atoms with Crippen LogP contribution in [0, 0.1) is 0 Å². The molecule has 0 saturated carbocycles. The van der Waals surface area contributed by atoms with E-state index < -0.39 is 0 Å². The minimum absolute atomic E-state index is 0.524. The van der Waals surface area contributed by atoms with Crippen LogP contribution in [0.25, 0.3) is 71.8 Å². The van der Waals surface area contributed by atoms with Crippen molar-refractivity contribution in [1.29, 1.82) is 0 Å². The van der Waals surface area contributed by atoms with Crippen molar-refractivity contribution in [2.45, 2.75) is 19.3 Å². The summed E-state index contributed by atoms with van der Waals surface area (Å²) in [5, 5.41) is 7.76. The van der Waals surface area contributed by atoms with Crippen LogP contribution < -0.4 is 4.90 Å². The Morgan fingerprint density at radius 1 is 0.444 bits per heavy atom. The molecular weight excluding hydrogens is 655 g/mol. The highest BCUT2D eigenvalue weighted by molar-refractivity contribution is 6.21. The molecule has 0 saturated heterocycles. The maximum absolute atomic E-state index is 2.43. The first kappa shape index (κ1) is 30.8. The van der Waals surface area contributed by atoms with E-state index in [-0.39, 0.29) is 0 Å². The van der Waals surface area contributed by atoms with Crippen LogP contribution in [-0.4, -0.2) is 9.13 Å². The van der Waals surface area contributed by atoms with Gasteiger partial charge in [0.1, 0.15) is 0 Å². The van der Waals surface area contributed by atoms with Crippen molar-refractivity contribution in [1.82, 2.24) is 9.13 Å². The molecule has 2 heterocycles. The smallest absolute Gasteiger partial charge is 0.0547 e. The monoisotopic (exact) mass is 691 g/mol. The highest BCUT2D eigenvalue weighted by Crippen LogP contribution is 2.42. The number of benzene rings is 8. The summed E-state index contributed by atoms with van der Waals surface area (Å²) in [6.45, 7) is 2.34. The van der Waals surface area contributed by atoms with E-state index in [1.165, 1.54) is 65.5 Å². The summed E-state index contributed by atoms with van der Waals surface area (Å²) in [5.41, 5.74) is 13.3. The van der Waals surface area contributed by atoms with Gasteiger partial charge in [-0.05, 0) is 119 Å². The van der Waals surface area contributed by atoms with Crippen LogP contribution in [0.1, 0.15) is 30.4 Å². The number of fused-ring (bicyclic) bond motifs is 10. The fraction of sp³-hybridized carbons (Fsp3) is 0.0588. The molecule has 0 bridgehead atoms. The highest BCUT2D eigenvalue weighted by atomic mass is 15.1. The van der Waals surface area contributed by atoms with Crippen LogP contribution in [-0.2, 0) is 0 Å². The molecule has 256 valence electrons. The van der Waals surface area contributed by atoms with Crippen LogP contribution in [0.15, 0.2) is 182 Å². The lowest BCUT2D eigenvalue weighted by Gasteiger charge is -2.26. The second-order valence-corrected chi connectivity index (χ2v) is 14.6. The molecule has 1 atom stereocenters. The first-order valence-corrected chi connectivity index (χ1v) is 18.9. The zero-order chi connectivity index (χ0) is 35.8. The Morgan fingerprint density at radius 3 is 1.63 bits per heavy atom. The Hall–Kier alpha value is -6.84. The zero-order valence-corrected chi connectivity index (χ0v) is 30.0. The van der Waals surface area contributed by atoms with Crippen LogP contribution >= 0.6 is 0 Å². The van der Waals surface area contributed by atoms with Gasteiger partial charge >= 0.3 is 0 Å². The fourth-order valence-electron chi connectivity index (χ4n) is 9.05. The molecule has 0 N–H and O–H groups in total. The van der Waals surface area contributed by atoms with E-state index in [9.17, 15) is 0 Å². The standard InChI is InChI=1S/C51H37N3/c1-34-12-11-19-43-41(34)31-33-49-51(43)45-18-8-10-21-47(45)54(49)40-29-25-38(26-30-40)52(36-14-3-2-4-15-36)37-23-27-39(28-24-37)53-46-20-9-7-17-44(46)50-42-16-6-5-13-35(42)22-32-48(50)53/h2-11,13-34H,12H2,1H3. The van der Waals surface area contributed by atoms with Gasteiger partial charge < -0.3 is 14.0 Å². The van der Waals surface area contributed by atoms with Crippen LogP contribution in [0.5, 0.6) is 0 Å². The second kappa shape index (κ2) is 12.1. The summed E-state index contributed by atoms with van der Waals surface area (Å²) in [6.07, 6.45) is 5.77. The number of hydrogen-bond donors (Lipinski definition) is 0. The Morgan fingerprint density at radius 2 is 0.963 bits per heavy atom. The summed E-state index contributed by atoms with van der Waals surface area (Å²) >= 11 is 0. The van der Waals surface area contributed by atoms with Gasteiger partial charge in [0.25, 0.3) is 0 Å². The minimum atomic E-state index is 0.524. The van der Waals surface area contributed by atoms with E-state index in [1.54, 1.807) is 0 Å². The van der Waals surface area contributed by atoms with E-state index in [1.807, 2.05) is 0 Å². The lowest BCUT2D eigenvalue weighted by molar-refractivity contribution is 0.773. The number of allylic oxidation sites excluding steroid dienone is 1. The highest BCUT2D eigenvalue weighted by Gasteiger charge is 2.21. The Balaban J connectivity index is 1.03. The van der Waals surface area contributed by atoms with E-state index in [2.05, 4.69) is 209 Å². The minimum Gasteiger partial charge on any atom is -0.311 e. The van der Waals surface area contributed by atoms with Crippen molar-refractivity contribution in [2.24, 2.45) is 0 Å². The van der Waals surface area contributed by atoms with Gasteiger partial charge in [0, 0.05) is 50.0 Å². The molecule has 0 amide bonds. The van der Waals surface area contributed by atoms with Crippen molar-refractivity contribution in [2.75, 3.05) is 4.90 Å². The lowest BCUT2D eigenvalue weighted by Crippen LogP contribution is -2.10. The van der Waals surface area contributed by atoms with Crippen molar-refractivity contribution >= 4 is 77.5 Å². The first-order chi connectivity index (χ1) is 26.7. The van der Waals surface area contributed by atoms with Crippen molar-refractivity contribution in [3.05, 3.63) is 193 Å². The molecule has 0 radical (unpaired) electrons. The van der Waals surface area contributed by atoms with Gasteiger partial charge in [0.15, 0.2) is 0 Å². The molecule has 0 fully saturated rings. The molecule has 1 aliphatic rings.